The van der Waals surface area contributed by atoms with E-state index in [4.69, 9.17) is 4.74 Å². The number of hydrogen-bond donors (Lipinski definition) is 3. The SMILES string of the molecule is Cn1ncc2cc(NC(=O)Nc3cccc(Oc4ccnc(C(=O)NCCN5CCCC5)c4)c3)ccc21. The minimum Gasteiger partial charge on any atom is -0.457 e. The highest BCUT2D eigenvalue weighted by atomic mass is 16.5. The van der Waals surface area contributed by atoms with Gasteiger partial charge >= 0.3 is 6.03 Å². The van der Waals surface area contributed by atoms with Crippen molar-refractivity contribution >= 4 is 34.2 Å². The molecule has 1 saturated heterocycles. The predicted molar refractivity (Wildman–Crippen MR) is 142 cm³/mol. The molecular weight excluding hydrogens is 470 g/mol. The van der Waals surface area contributed by atoms with Crippen LogP contribution in [0.5, 0.6) is 11.5 Å². The standard InChI is InChI=1S/C27H29N7O3/c1-33-25-8-7-21(15-19(25)18-30-33)32-27(36)31-20-5-4-6-22(16-20)37-23-9-10-28-24(17-23)26(35)29-11-14-34-12-2-3-13-34/h4-10,15-18H,2-3,11-14H2,1H3,(H,29,35)(H2,31,32,36). The molecule has 0 atom stereocenters. The van der Waals surface area contributed by atoms with Gasteiger partial charge in [0.2, 0.25) is 0 Å². The normalized spacial score (nSPS) is 13.4. The molecule has 190 valence electrons. The third kappa shape index (κ3) is 6.22. The fourth-order valence-corrected chi connectivity index (χ4v) is 4.33. The maximum Gasteiger partial charge on any atom is 0.323 e. The summed E-state index contributed by atoms with van der Waals surface area (Å²) >= 11 is 0. The van der Waals surface area contributed by atoms with Gasteiger partial charge in [-0.1, -0.05) is 6.07 Å². The molecule has 1 aliphatic heterocycles. The summed E-state index contributed by atoms with van der Waals surface area (Å²) in [6.45, 7) is 3.60. The van der Waals surface area contributed by atoms with E-state index in [0.717, 1.165) is 30.5 Å². The summed E-state index contributed by atoms with van der Waals surface area (Å²) in [7, 11) is 1.87. The van der Waals surface area contributed by atoms with Crippen molar-refractivity contribution in [1.82, 2.24) is 25.0 Å². The van der Waals surface area contributed by atoms with Crippen LogP contribution in [-0.2, 0) is 7.05 Å². The third-order valence-corrected chi connectivity index (χ3v) is 6.21. The maximum absolute atomic E-state index is 12.5. The molecular formula is C27H29N7O3. The van der Waals surface area contributed by atoms with Crippen molar-refractivity contribution in [2.75, 3.05) is 36.8 Å². The zero-order valence-corrected chi connectivity index (χ0v) is 20.6. The Balaban J connectivity index is 1.16. The van der Waals surface area contributed by atoms with Crippen LogP contribution in [0.2, 0.25) is 0 Å². The van der Waals surface area contributed by atoms with E-state index in [1.807, 2.05) is 25.2 Å². The van der Waals surface area contributed by atoms with Crippen LogP contribution in [-0.4, -0.2) is 57.8 Å². The van der Waals surface area contributed by atoms with Crippen molar-refractivity contribution in [1.29, 1.82) is 0 Å². The number of nitrogens with zero attached hydrogens (tertiary/aromatic N) is 4. The summed E-state index contributed by atoms with van der Waals surface area (Å²) in [6, 6.07) is 15.5. The van der Waals surface area contributed by atoms with Crippen LogP contribution in [0.4, 0.5) is 16.2 Å². The van der Waals surface area contributed by atoms with Crippen molar-refractivity contribution in [2.24, 2.45) is 7.05 Å². The van der Waals surface area contributed by atoms with Gasteiger partial charge in [0.25, 0.3) is 5.91 Å². The highest BCUT2D eigenvalue weighted by Gasteiger charge is 2.13. The molecule has 5 rings (SSSR count). The van der Waals surface area contributed by atoms with Gasteiger partial charge in [-0.05, 0) is 62.3 Å². The number of carbonyl (C=O) groups excluding carboxylic acids is 2. The molecule has 0 unspecified atom stereocenters. The molecule has 2 aromatic heterocycles. The number of rotatable bonds is 8. The lowest BCUT2D eigenvalue weighted by Gasteiger charge is -2.14. The smallest absolute Gasteiger partial charge is 0.323 e. The second-order valence-corrected chi connectivity index (χ2v) is 8.93. The summed E-state index contributed by atoms with van der Waals surface area (Å²) in [5.41, 5.74) is 2.49. The molecule has 1 fully saturated rings. The Bertz CT molecular complexity index is 1410. The minimum absolute atomic E-state index is 0.235. The van der Waals surface area contributed by atoms with E-state index < -0.39 is 0 Å². The zero-order valence-electron chi connectivity index (χ0n) is 20.6. The number of hydrogen-bond acceptors (Lipinski definition) is 6. The monoisotopic (exact) mass is 499 g/mol. The number of pyridine rings is 1. The lowest BCUT2D eigenvalue weighted by Crippen LogP contribution is -2.33. The summed E-state index contributed by atoms with van der Waals surface area (Å²) in [4.78, 5) is 31.6. The van der Waals surface area contributed by atoms with Gasteiger partial charge in [-0.15, -0.1) is 0 Å². The largest absolute Gasteiger partial charge is 0.457 e. The average molecular weight is 500 g/mol. The van der Waals surface area contributed by atoms with Crippen molar-refractivity contribution in [3.05, 3.63) is 72.7 Å². The lowest BCUT2D eigenvalue weighted by atomic mass is 10.2. The van der Waals surface area contributed by atoms with Crippen LogP contribution in [0.1, 0.15) is 23.3 Å². The van der Waals surface area contributed by atoms with Gasteiger partial charge in [0.1, 0.15) is 17.2 Å². The van der Waals surface area contributed by atoms with Crippen molar-refractivity contribution in [3.8, 4) is 11.5 Å². The molecule has 0 spiro atoms. The van der Waals surface area contributed by atoms with Crippen LogP contribution in [0.15, 0.2) is 67.0 Å². The van der Waals surface area contributed by atoms with E-state index in [9.17, 15) is 9.59 Å². The number of urea groups is 1. The fraction of sp³-hybridized carbons (Fsp3) is 0.259. The number of anilines is 2. The number of ether oxygens (including phenoxy) is 1. The molecule has 10 nitrogen and oxygen atoms in total. The fourth-order valence-electron chi connectivity index (χ4n) is 4.33. The van der Waals surface area contributed by atoms with E-state index in [0.29, 0.717) is 29.4 Å². The molecule has 37 heavy (non-hydrogen) atoms. The van der Waals surface area contributed by atoms with Gasteiger partial charge in [0.15, 0.2) is 0 Å². The third-order valence-electron chi connectivity index (χ3n) is 6.21. The molecule has 0 aliphatic carbocycles. The highest BCUT2D eigenvalue weighted by molar-refractivity contribution is 6.01. The minimum atomic E-state index is -0.378. The summed E-state index contributed by atoms with van der Waals surface area (Å²) in [5, 5.41) is 13.7. The number of fused-ring (bicyclic) bond motifs is 1. The average Bonchev–Trinajstić information content (AvgIpc) is 3.54. The number of nitrogens with one attached hydrogen (secondary N) is 3. The van der Waals surface area contributed by atoms with Crippen LogP contribution in [0, 0.1) is 0 Å². The first-order valence-corrected chi connectivity index (χ1v) is 12.3. The highest BCUT2D eigenvalue weighted by Crippen LogP contribution is 2.25. The Morgan fingerprint density at radius 2 is 1.76 bits per heavy atom. The quantitative estimate of drug-likeness (QED) is 0.334. The maximum atomic E-state index is 12.5. The van der Waals surface area contributed by atoms with Crippen molar-refractivity contribution in [2.45, 2.75) is 12.8 Å². The van der Waals surface area contributed by atoms with Crippen molar-refractivity contribution < 1.29 is 14.3 Å². The Morgan fingerprint density at radius 1 is 0.973 bits per heavy atom. The number of aromatic nitrogens is 3. The summed E-state index contributed by atoms with van der Waals surface area (Å²) in [6.07, 6.45) is 5.73. The first kappa shape index (κ1) is 24.3. The number of benzene rings is 2. The zero-order chi connectivity index (χ0) is 25.6. The number of amides is 3. The predicted octanol–water partition coefficient (Wildman–Crippen LogP) is 4.23. The van der Waals surface area contributed by atoms with Crippen LogP contribution in [0.3, 0.4) is 0 Å². The first-order valence-electron chi connectivity index (χ1n) is 12.3. The molecule has 3 heterocycles. The van der Waals surface area contributed by atoms with Crippen LogP contribution >= 0.6 is 0 Å². The van der Waals surface area contributed by atoms with Gasteiger partial charge in [-0.25, -0.2) is 4.79 Å². The van der Waals surface area contributed by atoms with Crippen LogP contribution in [0.25, 0.3) is 10.9 Å². The number of likely N-dealkylation sites (tertiary alicyclic amines) is 1. The molecule has 0 saturated carbocycles. The molecule has 0 bridgehead atoms. The second-order valence-electron chi connectivity index (χ2n) is 8.93. The van der Waals surface area contributed by atoms with Gasteiger partial charge in [0, 0.05) is 55.2 Å². The molecule has 4 aromatic rings. The molecule has 1 aliphatic rings. The molecule has 0 radical (unpaired) electrons. The van der Waals surface area contributed by atoms with Crippen LogP contribution < -0.4 is 20.7 Å². The van der Waals surface area contributed by atoms with E-state index in [-0.39, 0.29) is 17.6 Å². The van der Waals surface area contributed by atoms with Crippen molar-refractivity contribution in [3.63, 3.8) is 0 Å². The Morgan fingerprint density at radius 3 is 2.59 bits per heavy atom. The number of aryl methyl sites for hydroxylation is 1. The van der Waals surface area contributed by atoms with Gasteiger partial charge in [0.05, 0.1) is 11.7 Å². The Labute approximate surface area is 214 Å². The molecule has 3 N–H and O–H groups in total. The van der Waals surface area contributed by atoms with Gasteiger partial charge < -0.3 is 25.6 Å². The summed E-state index contributed by atoms with van der Waals surface area (Å²) in [5.74, 6) is 0.758. The van der Waals surface area contributed by atoms with E-state index in [1.165, 1.54) is 12.8 Å². The Hall–Kier alpha value is -4.44. The topological polar surface area (TPSA) is 113 Å². The lowest BCUT2D eigenvalue weighted by molar-refractivity contribution is 0.0944. The van der Waals surface area contributed by atoms with E-state index in [2.05, 4.69) is 30.9 Å². The van der Waals surface area contributed by atoms with Gasteiger partial charge in [-0.2, -0.15) is 5.10 Å². The summed E-state index contributed by atoms with van der Waals surface area (Å²) < 4.78 is 7.71. The molecule has 10 heteroatoms. The first-order chi connectivity index (χ1) is 18.0. The molecule has 3 amide bonds. The number of carbonyl (C=O) groups is 2. The Kier molecular flexibility index (Phi) is 7.27. The molecule has 2 aromatic carbocycles. The van der Waals surface area contributed by atoms with Gasteiger partial charge in [-0.3, -0.25) is 14.5 Å². The van der Waals surface area contributed by atoms with E-state index >= 15 is 0 Å². The second kappa shape index (κ2) is 11.1. The van der Waals surface area contributed by atoms with E-state index in [1.54, 1.807) is 53.5 Å².